The molecule has 1 amide bonds. The van der Waals surface area contributed by atoms with E-state index in [0.29, 0.717) is 11.6 Å². The van der Waals surface area contributed by atoms with E-state index >= 15 is 0 Å². The van der Waals surface area contributed by atoms with Gasteiger partial charge in [0.25, 0.3) is 5.91 Å². The third-order valence-corrected chi connectivity index (χ3v) is 5.21. The van der Waals surface area contributed by atoms with Crippen LogP contribution in [0.25, 0.3) is 0 Å². The van der Waals surface area contributed by atoms with E-state index in [1.807, 2.05) is 23.1 Å². The van der Waals surface area contributed by atoms with Gasteiger partial charge in [0, 0.05) is 45.0 Å². The average Bonchev–Trinajstić information content (AvgIpc) is 2.72. The van der Waals surface area contributed by atoms with Crippen LogP contribution >= 0.6 is 0 Å². The molecule has 0 atom stereocenters. The number of hydrogen-bond donors (Lipinski definition) is 0. The number of nitrogens with zero attached hydrogens (tertiary/aromatic N) is 4. The molecule has 0 radical (unpaired) electrons. The van der Waals surface area contributed by atoms with Crippen LogP contribution in [0.2, 0.25) is 0 Å². The summed E-state index contributed by atoms with van der Waals surface area (Å²) in [6.45, 7) is 11.8. The molecular weight excluding hydrogens is 336 g/mol. The Hall–Kier alpha value is -2.40. The Balaban J connectivity index is 1.68. The lowest BCUT2D eigenvalue weighted by Crippen LogP contribution is -2.48. The van der Waals surface area contributed by atoms with E-state index in [4.69, 9.17) is 0 Å². The molecule has 1 aliphatic heterocycles. The number of benzene rings is 1. The fourth-order valence-corrected chi connectivity index (χ4v) is 3.44. The van der Waals surface area contributed by atoms with Crippen molar-refractivity contribution in [3.63, 3.8) is 0 Å². The molecular formula is C22H30N4O. The van der Waals surface area contributed by atoms with Crippen molar-refractivity contribution in [3.8, 4) is 0 Å². The van der Waals surface area contributed by atoms with E-state index in [-0.39, 0.29) is 5.91 Å². The van der Waals surface area contributed by atoms with Crippen molar-refractivity contribution in [3.05, 3.63) is 59.8 Å². The standard InChI is InChI=1S/C22H30N4O/c1-4-24-12-14-25(15-13-24)22(27)20-10-11-21(23-16-20)26(18(2)3)17-19-8-6-5-7-9-19/h5-11,16,18H,4,12-15,17H2,1-3H3. The number of pyridine rings is 1. The first-order valence-electron chi connectivity index (χ1n) is 9.86. The van der Waals surface area contributed by atoms with Crippen LogP contribution in [0.3, 0.4) is 0 Å². The number of likely N-dealkylation sites (N-methyl/N-ethyl adjacent to an activating group) is 1. The molecule has 1 aromatic heterocycles. The van der Waals surface area contributed by atoms with Crippen LogP contribution in [0.4, 0.5) is 5.82 Å². The molecule has 0 saturated carbocycles. The summed E-state index contributed by atoms with van der Waals surface area (Å²) in [6, 6.07) is 14.6. The maximum absolute atomic E-state index is 12.8. The Morgan fingerprint density at radius 2 is 1.78 bits per heavy atom. The van der Waals surface area contributed by atoms with Gasteiger partial charge in [0.05, 0.1) is 5.56 Å². The van der Waals surface area contributed by atoms with Crippen LogP contribution in [0.5, 0.6) is 0 Å². The van der Waals surface area contributed by atoms with Gasteiger partial charge in [0.1, 0.15) is 5.82 Å². The van der Waals surface area contributed by atoms with Gasteiger partial charge in [-0.3, -0.25) is 4.79 Å². The van der Waals surface area contributed by atoms with Gasteiger partial charge in [-0.25, -0.2) is 4.98 Å². The van der Waals surface area contributed by atoms with Gasteiger partial charge in [-0.2, -0.15) is 0 Å². The Bertz CT molecular complexity index is 722. The van der Waals surface area contributed by atoms with Gasteiger partial charge in [0.15, 0.2) is 0 Å². The molecule has 0 aliphatic carbocycles. The molecule has 2 heterocycles. The van der Waals surface area contributed by atoms with Gasteiger partial charge < -0.3 is 14.7 Å². The second kappa shape index (κ2) is 9.00. The van der Waals surface area contributed by atoms with Gasteiger partial charge >= 0.3 is 0 Å². The number of carbonyl (C=O) groups excluding carboxylic acids is 1. The molecule has 27 heavy (non-hydrogen) atoms. The maximum Gasteiger partial charge on any atom is 0.255 e. The number of aromatic nitrogens is 1. The molecule has 5 nitrogen and oxygen atoms in total. The predicted molar refractivity (Wildman–Crippen MR) is 110 cm³/mol. The molecule has 5 heteroatoms. The summed E-state index contributed by atoms with van der Waals surface area (Å²) in [7, 11) is 0. The molecule has 3 rings (SSSR count). The van der Waals surface area contributed by atoms with Gasteiger partial charge in [-0.1, -0.05) is 37.3 Å². The average molecular weight is 367 g/mol. The van der Waals surface area contributed by atoms with Gasteiger partial charge in [-0.05, 0) is 38.1 Å². The SMILES string of the molecule is CCN1CCN(C(=O)c2ccc(N(Cc3ccccc3)C(C)C)nc2)CC1. The summed E-state index contributed by atoms with van der Waals surface area (Å²) in [4.78, 5) is 23.9. The molecule has 0 bridgehead atoms. The van der Waals surface area contributed by atoms with E-state index in [1.165, 1.54) is 5.56 Å². The van der Waals surface area contributed by atoms with Crippen molar-refractivity contribution >= 4 is 11.7 Å². The summed E-state index contributed by atoms with van der Waals surface area (Å²) >= 11 is 0. The minimum absolute atomic E-state index is 0.0870. The first-order valence-corrected chi connectivity index (χ1v) is 9.86. The number of rotatable bonds is 6. The largest absolute Gasteiger partial charge is 0.350 e. The highest BCUT2D eigenvalue weighted by molar-refractivity contribution is 5.94. The van der Waals surface area contributed by atoms with E-state index in [0.717, 1.165) is 45.1 Å². The van der Waals surface area contributed by atoms with Crippen LogP contribution < -0.4 is 4.90 Å². The van der Waals surface area contributed by atoms with Crippen molar-refractivity contribution in [2.45, 2.75) is 33.4 Å². The first kappa shape index (κ1) is 19.4. The first-order chi connectivity index (χ1) is 13.1. The maximum atomic E-state index is 12.8. The molecule has 1 fully saturated rings. The Kier molecular flexibility index (Phi) is 6.45. The number of anilines is 1. The zero-order valence-electron chi connectivity index (χ0n) is 16.6. The smallest absolute Gasteiger partial charge is 0.255 e. The van der Waals surface area contributed by atoms with E-state index in [9.17, 15) is 4.79 Å². The van der Waals surface area contributed by atoms with Crippen molar-refractivity contribution in [1.29, 1.82) is 0 Å². The predicted octanol–water partition coefficient (Wildman–Crippen LogP) is 3.27. The van der Waals surface area contributed by atoms with Crippen LogP contribution in [0, 0.1) is 0 Å². The fraction of sp³-hybridized carbons (Fsp3) is 0.455. The van der Waals surface area contributed by atoms with E-state index < -0.39 is 0 Å². The molecule has 144 valence electrons. The lowest BCUT2D eigenvalue weighted by molar-refractivity contribution is 0.0643. The molecule has 1 aliphatic rings. The topological polar surface area (TPSA) is 39.7 Å². The lowest BCUT2D eigenvalue weighted by Gasteiger charge is -2.34. The van der Waals surface area contributed by atoms with Crippen LogP contribution in [0.15, 0.2) is 48.7 Å². The summed E-state index contributed by atoms with van der Waals surface area (Å²) in [6.07, 6.45) is 1.73. The van der Waals surface area contributed by atoms with Crippen LogP contribution in [-0.4, -0.2) is 59.5 Å². The molecule has 1 aromatic carbocycles. The second-order valence-electron chi connectivity index (χ2n) is 7.34. The van der Waals surface area contributed by atoms with E-state index in [2.05, 4.69) is 59.8 Å². The molecule has 0 unspecified atom stereocenters. The fourth-order valence-electron chi connectivity index (χ4n) is 3.44. The highest BCUT2D eigenvalue weighted by Gasteiger charge is 2.22. The minimum Gasteiger partial charge on any atom is -0.350 e. The quantitative estimate of drug-likeness (QED) is 0.787. The van der Waals surface area contributed by atoms with E-state index in [1.54, 1.807) is 6.20 Å². The lowest BCUT2D eigenvalue weighted by atomic mass is 10.1. The molecule has 2 aromatic rings. The summed E-state index contributed by atoms with van der Waals surface area (Å²) < 4.78 is 0. The van der Waals surface area contributed by atoms with Crippen molar-refractivity contribution in [1.82, 2.24) is 14.8 Å². The van der Waals surface area contributed by atoms with Crippen molar-refractivity contribution < 1.29 is 4.79 Å². The third-order valence-electron chi connectivity index (χ3n) is 5.21. The summed E-state index contributed by atoms with van der Waals surface area (Å²) in [5.41, 5.74) is 1.93. The normalized spacial score (nSPS) is 15.2. The molecule has 1 saturated heterocycles. The Labute approximate surface area is 162 Å². The zero-order valence-corrected chi connectivity index (χ0v) is 16.6. The number of piperazine rings is 1. The summed E-state index contributed by atoms with van der Waals surface area (Å²) in [5, 5.41) is 0. The third kappa shape index (κ3) is 4.86. The molecule has 0 spiro atoms. The van der Waals surface area contributed by atoms with Crippen molar-refractivity contribution in [2.75, 3.05) is 37.6 Å². The minimum atomic E-state index is 0.0870. The number of amides is 1. The molecule has 0 N–H and O–H groups in total. The monoisotopic (exact) mass is 366 g/mol. The Morgan fingerprint density at radius 1 is 1.07 bits per heavy atom. The zero-order chi connectivity index (χ0) is 19.2. The number of carbonyl (C=O) groups is 1. The van der Waals surface area contributed by atoms with Gasteiger partial charge in [0.2, 0.25) is 0 Å². The van der Waals surface area contributed by atoms with Gasteiger partial charge in [-0.15, -0.1) is 0 Å². The van der Waals surface area contributed by atoms with Crippen LogP contribution in [0.1, 0.15) is 36.7 Å². The summed E-state index contributed by atoms with van der Waals surface area (Å²) in [5.74, 6) is 0.991. The highest BCUT2D eigenvalue weighted by atomic mass is 16.2. The van der Waals surface area contributed by atoms with Crippen molar-refractivity contribution in [2.24, 2.45) is 0 Å². The Morgan fingerprint density at radius 3 is 2.33 bits per heavy atom. The van der Waals surface area contributed by atoms with Crippen LogP contribution in [-0.2, 0) is 6.54 Å². The second-order valence-corrected chi connectivity index (χ2v) is 7.34. The highest BCUT2D eigenvalue weighted by Crippen LogP contribution is 2.19. The number of hydrogen-bond acceptors (Lipinski definition) is 4.